The zero-order chi connectivity index (χ0) is 19.2. The first-order valence-corrected chi connectivity index (χ1v) is 8.37. The molecule has 22 heavy (non-hydrogen) atoms. The number of carbonyl (C=O) groups is 1. The van der Waals surface area contributed by atoms with Crippen molar-refractivity contribution in [3.8, 4) is 0 Å². The molecule has 0 radical (unpaired) electrons. The molecule has 4 heterocycles. The van der Waals surface area contributed by atoms with Gasteiger partial charge < -0.3 is 9.80 Å². The summed E-state index contributed by atoms with van der Waals surface area (Å²) in [5.41, 5.74) is 1.37. The predicted octanol–water partition coefficient (Wildman–Crippen LogP) is 2.66. The van der Waals surface area contributed by atoms with Crippen LogP contribution in [0.4, 0.5) is 0 Å². The Morgan fingerprint density at radius 2 is 2.09 bits per heavy atom. The van der Waals surface area contributed by atoms with E-state index in [1.807, 2.05) is 0 Å². The van der Waals surface area contributed by atoms with Crippen LogP contribution >= 0.6 is 0 Å². The molecule has 2 atom stereocenters. The molecule has 3 heteroatoms. The van der Waals surface area contributed by atoms with Crippen molar-refractivity contribution in [2.75, 3.05) is 26.1 Å². The lowest BCUT2D eigenvalue weighted by atomic mass is 9.75. The topological polar surface area (TPSA) is 23.6 Å². The summed E-state index contributed by atoms with van der Waals surface area (Å²) in [6.07, 6.45) is 0.677. The standard InChI is InChI=1S/C19H24N2O/c22-19-16-6-2-4-14-3-1-5-15(18(14)16)11-21(19)17-12-20-9-7-13(17)8-10-20/h2,4,6,13,15,17H,1,3,5,7-12H2/t15-,17-/m1/s1/i3D2,11D2,17D. The van der Waals surface area contributed by atoms with Gasteiger partial charge in [0.2, 0.25) is 0 Å². The van der Waals surface area contributed by atoms with Crippen molar-refractivity contribution in [1.29, 1.82) is 0 Å². The maximum Gasteiger partial charge on any atom is 0.254 e. The number of hydrogen-bond acceptors (Lipinski definition) is 2. The highest BCUT2D eigenvalue weighted by atomic mass is 16.2. The first-order valence-electron chi connectivity index (χ1n) is 10.9. The number of carbonyl (C=O) groups excluding carboxylic acids is 1. The summed E-state index contributed by atoms with van der Waals surface area (Å²) in [6, 6.07) is 3.80. The molecule has 0 saturated carbocycles. The van der Waals surface area contributed by atoms with Gasteiger partial charge in [0.25, 0.3) is 5.91 Å². The summed E-state index contributed by atoms with van der Waals surface area (Å²) in [5.74, 6) is -1.04. The van der Waals surface area contributed by atoms with Crippen LogP contribution in [0.25, 0.3) is 0 Å². The third-order valence-corrected chi connectivity index (χ3v) is 5.65. The minimum absolute atomic E-state index is 0.0127. The Hall–Kier alpha value is -1.35. The Kier molecular flexibility index (Phi) is 1.99. The van der Waals surface area contributed by atoms with Crippen molar-refractivity contribution in [2.24, 2.45) is 5.92 Å². The molecule has 116 valence electrons. The smallest absolute Gasteiger partial charge is 0.254 e. The van der Waals surface area contributed by atoms with Crippen molar-refractivity contribution in [1.82, 2.24) is 9.80 Å². The first kappa shape index (κ1) is 9.07. The molecule has 1 aliphatic carbocycles. The van der Waals surface area contributed by atoms with E-state index in [4.69, 9.17) is 5.48 Å². The molecule has 3 nitrogen and oxygen atoms in total. The van der Waals surface area contributed by atoms with Crippen molar-refractivity contribution in [2.45, 2.75) is 44.0 Å². The van der Waals surface area contributed by atoms with Crippen LogP contribution in [0.1, 0.15) is 59.9 Å². The quantitative estimate of drug-likeness (QED) is 0.796. The second-order valence-electron chi connectivity index (χ2n) is 6.85. The third kappa shape index (κ3) is 1.81. The minimum atomic E-state index is -1.99. The van der Waals surface area contributed by atoms with Crippen LogP contribution in [0.3, 0.4) is 0 Å². The van der Waals surface area contributed by atoms with Crippen molar-refractivity contribution in [3.63, 3.8) is 0 Å². The van der Waals surface area contributed by atoms with Crippen LogP contribution in [-0.2, 0) is 6.37 Å². The van der Waals surface area contributed by atoms with E-state index in [1.54, 1.807) is 18.2 Å². The van der Waals surface area contributed by atoms with E-state index in [1.165, 1.54) is 4.90 Å². The average Bonchev–Trinajstić information content (AvgIpc) is 2.60. The minimum Gasteiger partial charge on any atom is -0.333 e. The number of piperidine rings is 3. The van der Waals surface area contributed by atoms with Crippen LogP contribution in [0.5, 0.6) is 0 Å². The fourth-order valence-electron chi connectivity index (χ4n) is 4.49. The van der Waals surface area contributed by atoms with E-state index in [-0.39, 0.29) is 12.3 Å². The molecule has 1 amide bonds. The molecule has 3 saturated heterocycles. The van der Waals surface area contributed by atoms with Crippen LogP contribution in [0, 0.1) is 5.92 Å². The summed E-state index contributed by atoms with van der Waals surface area (Å²) in [7, 11) is 0. The summed E-state index contributed by atoms with van der Waals surface area (Å²) in [4.78, 5) is 16.9. The second kappa shape index (κ2) is 4.82. The molecule has 0 unspecified atom stereocenters. The summed E-state index contributed by atoms with van der Waals surface area (Å²) < 4.78 is 43.7. The van der Waals surface area contributed by atoms with E-state index in [2.05, 4.69) is 4.90 Å². The highest BCUT2D eigenvalue weighted by molar-refractivity contribution is 5.97. The largest absolute Gasteiger partial charge is 0.333 e. The molecule has 0 aromatic heterocycles. The van der Waals surface area contributed by atoms with Gasteiger partial charge in [-0.15, -0.1) is 0 Å². The van der Waals surface area contributed by atoms with E-state index >= 15 is 0 Å². The van der Waals surface area contributed by atoms with Gasteiger partial charge in [-0.3, -0.25) is 4.79 Å². The van der Waals surface area contributed by atoms with Crippen molar-refractivity contribution in [3.05, 3.63) is 34.9 Å². The van der Waals surface area contributed by atoms with E-state index in [9.17, 15) is 6.17 Å². The van der Waals surface area contributed by atoms with Gasteiger partial charge in [0.05, 0.1) is 4.11 Å². The van der Waals surface area contributed by atoms with Crippen LogP contribution in [-0.4, -0.2) is 47.9 Å². The van der Waals surface area contributed by atoms with Gasteiger partial charge in [0.1, 0.15) is 0 Å². The SMILES string of the molecule is [2H]C1([2H])CC[C@H]2c3c(cccc31)C(=O)N([C@]1([2H])CN3CCC1CC3)C2([2H])[2H]. The number of rotatable bonds is 1. The molecule has 0 N–H and O–H groups in total. The maximum atomic E-state index is 13.5. The lowest BCUT2D eigenvalue weighted by Gasteiger charge is -2.51. The maximum absolute atomic E-state index is 13.5. The highest BCUT2D eigenvalue weighted by Gasteiger charge is 2.43. The van der Waals surface area contributed by atoms with Gasteiger partial charge in [-0.1, -0.05) is 12.1 Å². The Bertz CT molecular complexity index is 820. The van der Waals surface area contributed by atoms with Gasteiger partial charge in [-0.25, -0.2) is 0 Å². The summed E-state index contributed by atoms with van der Waals surface area (Å²) >= 11 is 0. The Morgan fingerprint density at radius 1 is 1.23 bits per heavy atom. The van der Waals surface area contributed by atoms with Gasteiger partial charge in [0, 0.05) is 33.3 Å². The molecule has 6 rings (SSSR count). The van der Waals surface area contributed by atoms with Crippen LogP contribution in [0.15, 0.2) is 18.2 Å². The zero-order valence-electron chi connectivity index (χ0n) is 17.6. The van der Waals surface area contributed by atoms with Crippen LogP contribution in [0.2, 0.25) is 0 Å². The lowest BCUT2D eigenvalue weighted by Crippen LogP contribution is -2.60. The Balaban J connectivity index is 1.68. The lowest BCUT2D eigenvalue weighted by molar-refractivity contribution is 0.00258. The fourth-order valence-corrected chi connectivity index (χ4v) is 4.49. The molecule has 5 aliphatic rings. The van der Waals surface area contributed by atoms with E-state index in [0.717, 1.165) is 25.9 Å². The first-order chi connectivity index (χ1) is 12.7. The van der Waals surface area contributed by atoms with Crippen LogP contribution < -0.4 is 0 Å². The van der Waals surface area contributed by atoms with Crippen molar-refractivity contribution >= 4 is 5.91 Å². The zero-order valence-corrected chi connectivity index (χ0v) is 12.6. The normalized spacial score (nSPS) is 47.6. The number of amides is 1. The molecule has 1 aromatic rings. The summed E-state index contributed by atoms with van der Waals surface area (Å²) in [5, 5.41) is 0. The molecule has 4 aliphatic heterocycles. The molecule has 1 aromatic carbocycles. The molecule has 2 bridgehead atoms. The number of fused-ring (bicyclic) bond motifs is 3. The monoisotopic (exact) mass is 301 g/mol. The third-order valence-electron chi connectivity index (χ3n) is 5.65. The second-order valence-corrected chi connectivity index (χ2v) is 6.85. The number of aryl methyl sites for hydroxylation is 1. The highest BCUT2D eigenvalue weighted by Crippen LogP contribution is 2.41. The molecular formula is C19H24N2O. The Morgan fingerprint density at radius 3 is 2.86 bits per heavy atom. The van der Waals surface area contributed by atoms with E-state index in [0.29, 0.717) is 29.7 Å². The average molecular weight is 301 g/mol. The predicted molar refractivity (Wildman–Crippen MR) is 86.1 cm³/mol. The number of hydrogen-bond donors (Lipinski definition) is 0. The van der Waals surface area contributed by atoms with Gasteiger partial charge >= 0.3 is 0 Å². The van der Waals surface area contributed by atoms with Gasteiger partial charge in [0.15, 0.2) is 0 Å². The van der Waals surface area contributed by atoms with E-state index < -0.39 is 30.7 Å². The molecule has 0 spiro atoms. The molecule has 3 fully saturated rings. The van der Waals surface area contributed by atoms with Gasteiger partial charge in [-0.05, 0) is 68.3 Å². The summed E-state index contributed by atoms with van der Waals surface area (Å²) in [6.45, 7) is 0.240. The number of benzene rings is 1. The number of nitrogens with zero attached hydrogens (tertiary/aromatic N) is 2. The van der Waals surface area contributed by atoms with Gasteiger partial charge in [-0.2, -0.15) is 0 Å². The Labute approximate surface area is 139 Å². The molecular weight excluding hydrogens is 272 g/mol. The van der Waals surface area contributed by atoms with Crippen molar-refractivity contribution < 1.29 is 11.6 Å². The fraction of sp³-hybridized carbons (Fsp3) is 0.632.